The standard InChI is InChI=1S/C25H21FN2O5/c1-32-18-8-5-16(6-9-18)22-21(23(29)17-7-10-20(33-2)19(26)12-17)24(30)25(31)28(22)14-15-4-3-11-27-13-15/h3-13,22,29H,14H2,1-2H3/b23-21-. The van der Waals surface area contributed by atoms with Crippen molar-refractivity contribution >= 4 is 17.4 Å². The molecule has 8 heteroatoms. The predicted octanol–water partition coefficient (Wildman–Crippen LogP) is 3.86. The van der Waals surface area contributed by atoms with Crippen LogP contribution >= 0.6 is 0 Å². The van der Waals surface area contributed by atoms with Gasteiger partial charge in [0.2, 0.25) is 0 Å². The summed E-state index contributed by atoms with van der Waals surface area (Å²) in [7, 11) is 2.85. The molecule has 168 valence electrons. The van der Waals surface area contributed by atoms with Crippen molar-refractivity contribution in [3.8, 4) is 11.5 Å². The Bertz CT molecular complexity index is 1230. The zero-order valence-electron chi connectivity index (χ0n) is 18.0. The summed E-state index contributed by atoms with van der Waals surface area (Å²) >= 11 is 0. The Hall–Kier alpha value is -4.20. The van der Waals surface area contributed by atoms with Crippen LogP contribution in [0.4, 0.5) is 4.39 Å². The third-order valence-electron chi connectivity index (χ3n) is 5.47. The first-order chi connectivity index (χ1) is 15.9. The van der Waals surface area contributed by atoms with Crippen molar-refractivity contribution in [3.63, 3.8) is 0 Å². The average molecular weight is 448 g/mol. The fraction of sp³-hybridized carbons (Fsp3) is 0.160. The van der Waals surface area contributed by atoms with E-state index >= 15 is 0 Å². The Morgan fingerprint density at radius 2 is 1.85 bits per heavy atom. The Kier molecular flexibility index (Phi) is 6.08. The molecule has 0 bridgehead atoms. The van der Waals surface area contributed by atoms with Gasteiger partial charge in [-0.1, -0.05) is 18.2 Å². The van der Waals surface area contributed by atoms with Crippen molar-refractivity contribution in [2.45, 2.75) is 12.6 Å². The van der Waals surface area contributed by atoms with Crippen LogP contribution < -0.4 is 9.47 Å². The molecule has 1 fully saturated rings. The molecular formula is C25H21FN2O5. The number of halogens is 1. The Labute approximate surface area is 189 Å². The normalized spacial score (nSPS) is 17.3. The van der Waals surface area contributed by atoms with Gasteiger partial charge in [-0.3, -0.25) is 14.6 Å². The molecule has 1 saturated heterocycles. The molecule has 1 aliphatic rings. The molecule has 1 amide bonds. The monoisotopic (exact) mass is 448 g/mol. The number of carbonyl (C=O) groups is 2. The molecule has 1 aliphatic heterocycles. The van der Waals surface area contributed by atoms with Crippen LogP contribution in [-0.2, 0) is 16.1 Å². The molecule has 0 radical (unpaired) electrons. The number of amides is 1. The van der Waals surface area contributed by atoms with Gasteiger partial charge in [-0.2, -0.15) is 0 Å². The van der Waals surface area contributed by atoms with Crippen LogP contribution in [-0.4, -0.2) is 40.9 Å². The quantitative estimate of drug-likeness (QED) is 0.350. The van der Waals surface area contributed by atoms with Crippen LogP contribution in [0.25, 0.3) is 5.76 Å². The number of Topliss-reactive ketones (excluding diaryl/α,β-unsaturated/α-hetero) is 1. The predicted molar refractivity (Wildman–Crippen MR) is 118 cm³/mol. The highest BCUT2D eigenvalue weighted by molar-refractivity contribution is 6.46. The number of aliphatic hydroxyl groups excluding tert-OH is 1. The summed E-state index contributed by atoms with van der Waals surface area (Å²) in [4.78, 5) is 31.5. The van der Waals surface area contributed by atoms with Crippen LogP contribution in [0.15, 0.2) is 72.6 Å². The van der Waals surface area contributed by atoms with Gasteiger partial charge in [0, 0.05) is 24.5 Å². The van der Waals surface area contributed by atoms with Gasteiger partial charge in [0.15, 0.2) is 11.6 Å². The minimum atomic E-state index is -0.888. The minimum absolute atomic E-state index is 0.00437. The van der Waals surface area contributed by atoms with Gasteiger partial charge in [-0.15, -0.1) is 0 Å². The topological polar surface area (TPSA) is 89.0 Å². The number of rotatable bonds is 6. The summed E-state index contributed by atoms with van der Waals surface area (Å²) < 4.78 is 24.4. The number of ether oxygens (including phenoxy) is 2. The van der Waals surface area contributed by atoms with Crippen LogP contribution in [0.1, 0.15) is 22.7 Å². The summed E-state index contributed by atoms with van der Waals surface area (Å²) in [5, 5.41) is 11.0. The van der Waals surface area contributed by atoms with E-state index in [0.29, 0.717) is 16.9 Å². The van der Waals surface area contributed by atoms with E-state index in [1.54, 1.807) is 48.8 Å². The maximum absolute atomic E-state index is 14.3. The highest BCUT2D eigenvalue weighted by Gasteiger charge is 2.46. The fourth-order valence-electron chi connectivity index (χ4n) is 3.83. The first-order valence-corrected chi connectivity index (χ1v) is 10.1. The van der Waals surface area contributed by atoms with Gasteiger partial charge >= 0.3 is 0 Å². The molecule has 2 heterocycles. The zero-order chi connectivity index (χ0) is 23.5. The van der Waals surface area contributed by atoms with Crippen molar-refractivity contribution in [2.24, 2.45) is 0 Å². The largest absolute Gasteiger partial charge is 0.507 e. The molecule has 2 aromatic carbocycles. The van der Waals surface area contributed by atoms with Crippen LogP contribution in [0, 0.1) is 5.82 Å². The van der Waals surface area contributed by atoms with Gasteiger partial charge in [0.25, 0.3) is 11.7 Å². The Morgan fingerprint density at radius 1 is 1.09 bits per heavy atom. The van der Waals surface area contributed by atoms with Crippen LogP contribution in [0.5, 0.6) is 11.5 Å². The number of aromatic nitrogens is 1. The number of pyridine rings is 1. The summed E-state index contributed by atoms with van der Waals surface area (Å²) in [5.41, 5.74) is 1.24. The van der Waals surface area contributed by atoms with E-state index in [0.717, 1.165) is 6.07 Å². The van der Waals surface area contributed by atoms with Gasteiger partial charge in [-0.25, -0.2) is 4.39 Å². The van der Waals surface area contributed by atoms with E-state index in [1.807, 2.05) is 0 Å². The fourth-order valence-corrected chi connectivity index (χ4v) is 3.83. The first kappa shape index (κ1) is 22.0. The van der Waals surface area contributed by atoms with E-state index in [1.165, 1.54) is 31.3 Å². The molecule has 0 saturated carbocycles. The van der Waals surface area contributed by atoms with E-state index < -0.39 is 29.3 Å². The Balaban J connectivity index is 1.85. The molecule has 0 aliphatic carbocycles. The van der Waals surface area contributed by atoms with Gasteiger partial charge in [0.05, 0.1) is 25.8 Å². The van der Waals surface area contributed by atoms with Crippen molar-refractivity contribution in [1.82, 2.24) is 9.88 Å². The molecular weight excluding hydrogens is 427 g/mol. The molecule has 1 aromatic heterocycles. The molecule has 4 rings (SSSR count). The van der Waals surface area contributed by atoms with Crippen LogP contribution in [0.2, 0.25) is 0 Å². The number of ketones is 1. The molecule has 1 N–H and O–H groups in total. The maximum Gasteiger partial charge on any atom is 0.295 e. The van der Waals surface area contributed by atoms with Crippen molar-refractivity contribution in [3.05, 3.63) is 95.1 Å². The highest BCUT2D eigenvalue weighted by Crippen LogP contribution is 2.41. The number of carbonyl (C=O) groups excluding carboxylic acids is 2. The lowest BCUT2D eigenvalue weighted by Gasteiger charge is -2.25. The lowest BCUT2D eigenvalue weighted by Crippen LogP contribution is -2.29. The number of nitrogens with zero attached hydrogens (tertiary/aromatic N) is 2. The average Bonchev–Trinajstić information content (AvgIpc) is 3.09. The van der Waals surface area contributed by atoms with E-state index in [4.69, 9.17) is 9.47 Å². The van der Waals surface area contributed by atoms with E-state index in [9.17, 15) is 19.1 Å². The van der Waals surface area contributed by atoms with E-state index in [2.05, 4.69) is 4.98 Å². The zero-order valence-corrected chi connectivity index (χ0v) is 18.0. The molecule has 7 nitrogen and oxygen atoms in total. The third kappa shape index (κ3) is 4.15. The van der Waals surface area contributed by atoms with Gasteiger partial charge < -0.3 is 19.5 Å². The minimum Gasteiger partial charge on any atom is -0.507 e. The summed E-state index contributed by atoms with van der Waals surface area (Å²) in [6.07, 6.45) is 3.21. The van der Waals surface area contributed by atoms with Crippen LogP contribution in [0.3, 0.4) is 0 Å². The maximum atomic E-state index is 14.3. The SMILES string of the molecule is COc1ccc(C2/C(=C(/O)c3ccc(OC)c(F)c3)C(=O)C(=O)N2Cc2cccnc2)cc1. The lowest BCUT2D eigenvalue weighted by molar-refractivity contribution is -0.140. The number of benzene rings is 2. The molecule has 3 aromatic rings. The van der Waals surface area contributed by atoms with Gasteiger partial charge in [-0.05, 0) is 47.5 Å². The second-order valence-electron chi connectivity index (χ2n) is 7.41. The summed E-state index contributed by atoms with van der Waals surface area (Å²) in [6.45, 7) is 0.100. The van der Waals surface area contributed by atoms with Crippen molar-refractivity contribution in [1.29, 1.82) is 0 Å². The lowest BCUT2D eigenvalue weighted by atomic mass is 9.95. The summed E-state index contributed by atoms with van der Waals surface area (Å²) in [6, 6.07) is 13.3. The molecule has 1 unspecified atom stereocenters. The van der Waals surface area contributed by atoms with Crippen molar-refractivity contribution < 1.29 is 28.6 Å². The first-order valence-electron chi connectivity index (χ1n) is 10.1. The smallest absolute Gasteiger partial charge is 0.295 e. The number of aliphatic hydroxyl groups is 1. The highest BCUT2D eigenvalue weighted by atomic mass is 19.1. The Morgan fingerprint density at radius 3 is 2.45 bits per heavy atom. The molecule has 1 atom stereocenters. The number of hydrogen-bond acceptors (Lipinski definition) is 6. The van der Waals surface area contributed by atoms with Gasteiger partial charge in [0.1, 0.15) is 11.5 Å². The molecule has 33 heavy (non-hydrogen) atoms. The third-order valence-corrected chi connectivity index (χ3v) is 5.47. The van der Waals surface area contributed by atoms with E-state index in [-0.39, 0.29) is 23.4 Å². The number of hydrogen-bond donors (Lipinski definition) is 1. The number of likely N-dealkylation sites (tertiary alicyclic amines) is 1. The second kappa shape index (κ2) is 9.12. The summed E-state index contributed by atoms with van der Waals surface area (Å²) in [5.74, 6) is -2.20. The molecule has 0 spiro atoms. The number of methoxy groups -OCH3 is 2. The second-order valence-corrected chi connectivity index (χ2v) is 7.41. The van der Waals surface area contributed by atoms with Crippen molar-refractivity contribution in [2.75, 3.05) is 14.2 Å².